The lowest BCUT2D eigenvalue weighted by Crippen LogP contribution is -2.29. The van der Waals surface area contributed by atoms with Crippen molar-refractivity contribution in [1.82, 2.24) is 20.5 Å². The average Bonchev–Trinajstić information content (AvgIpc) is 3.40. The van der Waals surface area contributed by atoms with E-state index < -0.39 is 15.8 Å². The topological polar surface area (TPSA) is 130 Å². The molecule has 1 aromatic carbocycles. The molecule has 1 aliphatic carbocycles. The predicted molar refractivity (Wildman–Crippen MR) is 100 cm³/mol. The molecule has 1 saturated carbocycles. The minimum atomic E-state index is -3.24. The van der Waals surface area contributed by atoms with Gasteiger partial charge in [-0.2, -0.15) is 0 Å². The van der Waals surface area contributed by atoms with E-state index in [1.165, 1.54) is 30.0 Å². The van der Waals surface area contributed by atoms with Crippen molar-refractivity contribution < 1.29 is 22.6 Å². The van der Waals surface area contributed by atoms with E-state index in [9.17, 15) is 18.0 Å². The van der Waals surface area contributed by atoms with Gasteiger partial charge in [-0.15, -0.1) is 0 Å². The van der Waals surface area contributed by atoms with Gasteiger partial charge in [0.25, 0.3) is 0 Å². The van der Waals surface area contributed by atoms with Gasteiger partial charge in [0.15, 0.2) is 16.6 Å². The summed E-state index contributed by atoms with van der Waals surface area (Å²) in [4.78, 5) is 4.15. The first-order valence-corrected chi connectivity index (χ1v) is 11.1. The summed E-state index contributed by atoms with van der Waals surface area (Å²) in [6.45, 7) is 0.222. The summed E-state index contributed by atoms with van der Waals surface area (Å²) in [6, 6.07) is 4.07. The Morgan fingerprint density at radius 2 is 2.22 bits per heavy atom. The molecule has 0 unspecified atom stereocenters. The summed E-state index contributed by atoms with van der Waals surface area (Å²) in [5.41, 5.74) is 2.42. The van der Waals surface area contributed by atoms with Crippen molar-refractivity contribution in [2.24, 2.45) is 4.99 Å². The molecular formula is C14H15BrFN5O4S2. The molecule has 3 rings (SSSR count). The molecule has 27 heavy (non-hydrogen) atoms. The minimum Gasteiger partial charge on any atom is -0.290 e. The fraction of sp³-hybridized carbons (Fsp3) is 0.357. The summed E-state index contributed by atoms with van der Waals surface area (Å²) in [5, 5.41) is 16.9. The van der Waals surface area contributed by atoms with E-state index in [2.05, 4.69) is 36.0 Å². The van der Waals surface area contributed by atoms with Gasteiger partial charge in [-0.25, -0.2) is 27.2 Å². The standard InChI is InChI=1S/C14H15BrFN5O4S2/c15-10-7-8(1-4-11(10)16)18-13(19-22)12-14(21-25-20-12)26-6-5-17-27(23,24)9-2-3-9/h1,4,7,9,17,22H,2-3,5-6H2,(H,18,19). The molecule has 0 amide bonds. The number of nitrogens with one attached hydrogen (secondary N) is 2. The Bertz CT molecular complexity index is 949. The number of benzene rings is 1. The van der Waals surface area contributed by atoms with Crippen LogP contribution in [0.15, 0.2) is 37.3 Å². The van der Waals surface area contributed by atoms with Gasteiger partial charge in [0, 0.05) is 12.3 Å². The molecule has 2 aromatic rings. The van der Waals surface area contributed by atoms with Gasteiger partial charge in [-0.05, 0) is 57.3 Å². The fourth-order valence-corrected chi connectivity index (χ4v) is 4.69. The quantitative estimate of drug-likeness (QED) is 0.172. The first kappa shape index (κ1) is 20.2. The van der Waals surface area contributed by atoms with E-state index in [4.69, 9.17) is 4.63 Å². The van der Waals surface area contributed by atoms with Gasteiger partial charge in [0.2, 0.25) is 10.0 Å². The molecule has 13 heteroatoms. The Labute approximate surface area is 166 Å². The van der Waals surface area contributed by atoms with Crippen molar-refractivity contribution in [3.05, 3.63) is 34.2 Å². The van der Waals surface area contributed by atoms with E-state index in [1.54, 1.807) is 0 Å². The van der Waals surface area contributed by atoms with Crippen LogP contribution >= 0.6 is 27.7 Å². The number of hydrogen-bond acceptors (Lipinski definition) is 8. The maximum Gasteiger partial charge on any atom is 0.214 e. The molecule has 0 radical (unpaired) electrons. The zero-order valence-corrected chi connectivity index (χ0v) is 16.9. The number of sulfonamides is 1. The van der Waals surface area contributed by atoms with Gasteiger partial charge in [0.05, 0.1) is 15.4 Å². The number of thioether (sulfide) groups is 1. The van der Waals surface area contributed by atoms with Crippen LogP contribution in [-0.2, 0) is 10.0 Å². The molecule has 1 aromatic heterocycles. The van der Waals surface area contributed by atoms with E-state index in [0.29, 0.717) is 29.3 Å². The number of halogens is 2. The highest BCUT2D eigenvalue weighted by atomic mass is 79.9. The van der Waals surface area contributed by atoms with Crippen LogP contribution in [0.25, 0.3) is 0 Å². The maximum atomic E-state index is 13.3. The van der Waals surface area contributed by atoms with Gasteiger partial charge in [0.1, 0.15) is 5.82 Å². The van der Waals surface area contributed by atoms with Crippen molar-refractivity contribution in [1.29, 1.82) is 0 Å². The molecular weight excluding hydrogens is 465 g/mol. The number of amidine groups is 1. The normalized spacial score (nSPS) is 15.1. The lowest BCUT2D eigenvalue weighted by atomic mass is 10.3. The number of hydroxylamine groups is 1. The first-order valence-electron chi connectivity index (χ1n) is 7.79. The summed E-state index contributed by atoms with van der Waals surface area (Å²) in [6.07, 6.45) is 1.39. The zero-order chi connectivity index (χ0) is 19.4. The Morgan fingerprint density at radius 3 is 2.89 bits per heavy atom. The van der Waals surface area contributed by atoms with Crippen LogP contribution in [-0.4, -0.2) is 47.3 Å². The van der Waals surface area contributed by atoms with Gasteiger partial charge in [-0.1, -0.05) is 11.8 Å². The molecule has 0 atom stereocenters. The number of hydrogen-bond donors (Lipinski definition) is 3. The zero-order valence-electron chi connectivity index (χ0n) is 13.7. The smallest absolute Gasteiger partial charge is 0.214 e. The highest BCUT2D eigenvalue weighted by molar-refractivity contribution is 9.10. The summed E-state index contributed by atoms with van der Waals surface area (Å²) >= 11 is 4.25. The van der Waals surface area contributed by atoms with Gasteiger partial charge < -0.3 is 0 Å². The van der Waals surface area contributed by atoms with Crippen LogP contribution < -0.4 is 10.2 Å². The summed E-state index contributed by atoms with van der Waals surface area (Å²) < 4.78 is 44.3. The maximum absolute atomic E-state index is 13.3. The highest BCUT2D eigenvalue weighted by Gasteiger charge is 2.35. The molecule has 3 N–H and O–H groups in total. The second kappa shape index (κ2) is 8.65. The van der Waals surface area contributed by atoms with E-state index in [0.717, 1.165) is 0 Å². The van der Waals surface area contributed by atoms with Gasteiger partial charge in [-0.3, -0.25) is 10.7 Å². The third-order valence-corrected chi connectivity index (χ3v) is 7.05. The highest BCUT2D eigenvalue weighted by Crippen LogP contribution is 2.27. The third-order valence-electron chi connectivity index (χ3n) is 3.54. The number of aromatic nitrogens is 2. The molecule has 0 saturated heterocycles. The van der Waals surface area contributed by atoms with Crippen molar-refractivity contribution >= 4 is 49.2 Å². The molecule has 146 valence electrons. The number of rotatable bonds is 8. The Hall–Kier alpha value is -1.54. The first-order chi connectivity index (χ1) is 12.9. The molecule has 1 heterocycles. The molecule has 0 bridgehead atoms. The van der Waals surface area contributed by atoms with Crippen molar-refractivity contribution in [3.8, 4) is 0 Å². The van der Waals surface area contributed by atoms with Crippen molar-refractivity contribution in [2.75, 3.05) is 12.3 Å². The fourth-order valence-electron chi connectivity index (χ4n) is 2.06. The minimum absolute atomic E-state index is 0.0455. The van der Waals surface area contributed by atoms with E-state index >= 15 is 0 Å². The second-order valence-corrected chi connectivity index (χ2v) is 9.56. The summed E-state index contributed by atoms with van der Waals surface area (Å²) in [5.74, 6) is -0.107. The Kier molecular flexibility index (Phi) is 6.47. The molecule has 0 aliphatic heterocycles. The monoisotopic (exact) mass is 479 g/mol. The van der Waals surface area contributed by atoms with E-state index in [-0.39, 0.29) is 27.8 Å². The van der Waals surface area contributed by atoms with Crippen molar-refractivity contribution in [3.63, 3.8) is 0 Å². The predicted octanol–water partition coefficient (Wildman–Crippen LogP) is 2.20. The number of aliphatic imine (C=N–C) groups is 1. The van der Waals surface area contributed by atoms with Crippen LogP contribution in [0.2, 0.25) is 0 Å². The Balaban J connectivity index is 1.66. The van der Waals surface area contributed by atoms with Crippen LogP contribution in [0.3, 0.4) is 0 Å². The van der Waals surface area contributed by atoms with E-state index in [1.807, 2.05) is 5.48 Å². The molecule has 9 nitrogen and oxygen atoms in total. The molecule has 1 fully saturated rings. The van der Waals surface area contributed by atoms with Crippen LogP contribution in [0.5, 0.6) is 0 Å². The largest absolute Gasteiger partial charge is 0.290 e. The van der Waals surface area contributed by atoms with Crippen LogP contribution in [0, 0.1) is 5.82 Å². The molecule has 0 spiro atoms. The third kappa shape index (κ3) is 5.25. The van der Waals surface area contributed by atoms with Crippen LogP contribution in [0.1, 0.15) is 18.5 Å². The lowest BCUT2D eigenvalue weighted by Gasteiger charge is -2.05. The number of nitrogens with zero attached hydrogens (tertiary/aromatic N) is 3. The summed E-state index contributed by atoms with van der Waals surface area (Å²) in [7, 11) is -3.24. The second-order valence-electron chi connectivity index (χ2n) is 5.58. The van der Waals surface area contributed by atoms with Gasteiger partial charge >= 0.3 is 0 Å². The average molecular weight is 480 g/mol. The SMILES string of the molecule is O=S(=O)(NCCSc1nonc1C(=Nc1ccc(F)c(Br)c1)NO)C1CC1. The molecule has 1 aliphatic rings. The lowest BCUT2D eigenvalue weighted by molar-refractivity contribution is 0.234. The Morgan fingerprint density at radius 1 is 1.44 bits per heavy atom. The van der Waals surface area contributed by atoms with Crippen LogP contribution in [0.4, 0.5) is 10.1 Å². The van der Waals surface area contributed by atoms with Crippen molar-refractivity contribution in [2.45, 2.75) is 23.1 Å².